The molecule has 0 saturated heterocycles. The third-order valence-electron chi connectivity index (χ3n) is 2.75. The molecule has 1 aromatic carbocycles. The van der Waals surface area contributed by atoms with E-state index in [0.29, 0.717) is 19.8 Å². The zero-order valence-electron chi connectivity index (χ0n) is 12.3. The fraction of sp³-hybridized carbons (Fsp3) is 0.375. The van der Waals surface area contributed by atoms with Crippen LogP contribution in [0.3, 0.4) is 0 Å². The maximum absolute atomic E-state index is 5.54. The number of nitrogens with one attached hydrogen (secondary N) is 1. The molecule has 112 valence electrons. The number of nitrogens with zero attached hydrogens (tertiary/aromatic N) is 2. The lowest BCUT2D eigenvalue weighted by atomic mass is 10.3. The Balaban J connectivity index is 1.62. The Labute approximate surface area is 125 Å². The van der Waals surface area contributed by atoms with Gasteiger partial charge in [-0.25, -0.2) is 4.98 Å². The van der Waals surface area contributed by atoms with Crippen molar-refractivity contribution in [3.8, 4) is 5.75 Å². The second-order valence-corrected chi connectivity index (χ2v) is 4.53. The minimum Gasteiger partial charge on any atom is -0.491 e. The molecule has 5 heteroatoms. The zero-order chi connectivity index (χ0) is 14.8. The number of para-hydroxylation sites is 1. The number of benzene rings is 1. The molecule has 0 radical (unpaired) electrons. The lowest BCUT2D eigenvalue weighted by Gasteiger charge is -2.07. The summed E-state index contributed by atoms with van der Waals surface area (Å²) in [5.74, 6) is 1.65. The minimum atomic E-state index is 0.444. The molecule has 0 fully saturated rings. The average molecular weight is 287 g/mol. The normalized spacial score (nSPS) is 10.3. The first-order valence-electron chi connectivity index (χ1n) is 7.19. The van der Waals surface area contributed by atoms with Gasteiger partial charge in [-0.3, -0.25) is 4.98 Å². The lowest BCUT2D eigenvalue weighted by molar-refractivity contribution is 0.0868. The van der Waals surface area contributed by atoms with E-state index >= 15 is 0 Å². The highest BCUT2D eigenvalue weighted by atomic mass is 16.5. The molecule has 5 nitrogen and oxygen atoms in total. The van der Waals surface area contributed by atoms with Crippen molar-refractivity contribution in [2.75, 3.05) is 25.1 Å². The maximum atomic E-state index is 5.54. The largest absolute Gasteiger partial charge is 0.491 e. The van der Waals surface area contributed by atoms with Gasteiger partial charge in [0, 0.05) is 6.54 Å². The highest BCUT2D eigenvalue weighted by molar-refractivity contribution is 5.30. The van der Waals surface area contributed by atoms with E-state index < -0.39 is 0 Å². The third-order valence-corrected chi connectivity index (χ3v) is 2.75. The molecule has 0 aliphatic heterocycles. The molecule has 0 spiro atoms. The van der Waals surface area contributed by atoms with Crippen LogP contribution >= 0.6 is 0 Å². The number of hydrogen-bond acceptors (Lipinski definition) is 5. The molecule has 0 unspecified atom stereocenters. The fourth-order valence-corrected chi connectivity index (χ4v) is 1.69. The average Bonchev–Trinajstić information content (AvgIpc) is 2.55. The first-order chi connectivity index (χ1) is 10.4. The summed E-state index contributed by atoms with van der Waals surface area (Å²) in [6.07, 6.45) is 4.53. The SMILES string of the molecule is CCCNc1cnc(COCCOc2ccccc2)cn1. The monoisotopic (exact) mass is 287 g/mol. The highest BCUT2D eigenvalue weighted by Gasteiger charge is 1.98. The van der Waals surface area contributed by atoms with Crippen LogP contribution < -0.4 is 10.1 Å². The molecule has 21 heavy (non-hydrogen) atoms. The van der Waals surface area contributed by atoms with Crippen molar-refractivity contribution in [1.82, 2.24) is 9.97 Å². The van der Waals surface area contributed by atoms with Crippen molar-refractivity contribution in [3.05, 3.63) is 48.4 Å². The number of rotatable bonds is 9. The second kappa shape index (κ2) is 8.92. The van der Waals surface area contributed by atoms with Crippen LogP contribution in [0.15, 0.2) is 42.7 Å². The highest BCUT2D eigenvalue weighted by Crippen LogP contribution is 2.08. The summed E-state index contributed by atoms with van der Waals surface area (Å²) in [6, 6.07) is 9.70. The van der Waals surface area contributed by atoms with Crippen LogP contribution in [-0.4, -0.2) is 29.7 Å². The lowest BCUT2D eigenvalue weighted by Crippen LogP contribution is -2.08. The van der Waals surface area contributed by atoms with Gasteiger partial charge in [0.25, 0.3) is 0 Å². The van der Waals surface area contributed by atoms with Crippen molar-refractivity contribution in [3.63, 3.8) is 0 Å². The number of anilines is 1. The van der Waals surface area contributed by atoms with Gasteiger partial charge in [-0.05, 0) is 18.6 Å². The fourth-order valence-electron chi connectivity index (χ4n) is 1.69. The second-order valence-electron chi connectivity index (χ2n) is 4.53. The topological polar surface area (TPSA) is 56.3 Å². The number of hydrogen-bond donors (Lipinski definition) is 1. The maximum Gasteiger partial charge on any atom is 0.144 e. The smallest absolute Gasteiger partial charge is 0.144 e. The number of ether oxygens (including phenoxy) is 2. The molecule has 2 rings (SSSR count). The molecule has 0 amide bonds. The van der Waals surface area contributed by atoms with Gasteiger partial charge in [0.15, 0.2) is 0 Å². The predicted octanol–water partition coefficient (Wildman–Crippen LogP) is 2.89. The summed E-state index contributed by atoms with van der Waals surface area (Å²) in [4.78, 5) is 8.57. The molecular weight excluding hydrogens is 266 g/mol. The molecule has 1 N–H and O–H groups in total. The molecule has 1 heterocycles. The van der Waals surface area contributed by atoms with Crippen LogP contribution in [0.25, 0.3) is 0 Å². The molecule has 1 aromatic heterocycles. The first-order valence-corrected chi connectivity index (χ1v) is 7.19. The van der Waals surface area contributed by atoms with E-state index in [1.807, 2.05) is 30.3 Å². The van der Waals surface area contributed by atoms with Gasteiger partial charge in [-0.1, -0.05) is 25.1 Å². The van der Waals surface area contributed by atoms with Crippen LogP contribution in [0, 0.1) is 0 Å². The van der Waals surface area contributed by atoms with Gasteiger partial charge in [0.05, 0.1) is 31.3 Å². The van der Waals surface area contributed by atoms with E-state index in [-0.39, 0.29) is 0 Å². The minimum absolute atomic E-state index is 0.444. The van der Waals surface area contributed by atoms with E-state index in [1.54, 1.807) is 12.4 Å². The predicted molar refractivity (Wildman–Crippen MR) is 82.4 cm³/mol. The molecule has 0 atom stereocenters. The van der Waals surface area contributed by atoms with Crippen LogP contribution in [0.2, 0.25) is 0 Å². The Morgan fingerprint density at radius 2 is 1.90 bits per heavy atom. The summed E-state index contributed by atoms with van der Waals surface area (Å²) in [5, 5.41) is 3.18. The van der Waals surface area contributed by atoms with E-state index in [0.717, 1.165) is 30.2 Å². The van der Waals surface area contributed by atoms with E-state index in [9.17, 15) is 0 Å². The molecule has 0 aliphatic rings. The van der Waals surface area contributed by atoms with Crippen molar-refractivity contribution in [2.45, 2.75) is 20.0 Å². The van der Waals surface area contributed by atoms with Crippen molar-refractivity contribution in [1.29, 1.82) is 0 Å². The molecule has 2 aromatic rings. The van der Waals surface area contributed by atoms with Gasteiger partial charge in [0.1, 0.15) is 18.2 Å². The quantitative estimate of drug-likeness (QED) is 0.719. The molecule has 0 aliphatic carbocycles. The van der Waals surface area contributed by atoms with Crippen LogP contribution in [0.4, 0.5) is 5.82 Å². The summed E-state index contributed by atoms with van der Waals surface area (Å²) >= 11 is 0. The Morgan fingerprint density at radius 1 is 1.05 bits per heavy atom. The summed E-state index contributed by atoms with van der Waals surface area (Å²) in [5.41, 5.74) is 0.816. The first kappa shape index (κ1) is 15.3. The molecule has 0 saturated carbocycles. The Hall–Kier alpha value is -2.14. The van der Waals surface area contributed by atoms with E-state index in [4.69, 9.17) is 9.47 Å². The van der Waals surface area contributed by atoms with Gasteiger partial charge in [0.2, 0.25) is 0 Å². The van der Waals surface area contributed by atoms with Gasteiger partial charge < -0.3 is 14.8 Å². The van der Waals surface area contributed by atoms with Crippen LogP contribution in [-0.2, 0) is 11.3 Å². The molecule has 0 bridgehead atoms. The Kier molecular flexibility index (Phi) is 6.48. The Morgan fingerprint density at radius 3 is 2.62 bits per heavy atom. The standard InChI is InChI=1S/C16H21N3O2/c1-2-8-17-16-12-18-14(11-19-16)13-20-9-10-21-15-6-4-3-5-7-15/h3-7,11-12H,2,8-10,13H2,1H3,(H,17,19). The Bertz CT molecular complexity index is 503. The van der Waals surface area contributed by atoms with Gasteiger partial charge in [-0.15, -0.1) is 0 Å². The summed E-state index contributed by atoms with van der Waals surface area (Å²) < 4.78 is 11.1. The van der Waals surface area contributed by atoms with Crippen LogP contribution in [0.1, 0.15) is 19.0 Å². The van der Waals surface area contributed by atoms with Gasteiger partial charge >= 0.3 is 0 Å². The number of aromatic nitrogens is 2. The van der Waals surface area contributed by atoms with Crippen LogP contribution in [0.5, 0.6) is 5.75 Å². The van der Waals surface area contributed by atoms with E-state index in [1.165, 1.54) is 0 Å². The zero-order valence-corrected chi connectivity index (χ0v) is 12.3. The van der Waals surface area contributed by atoms with Crippen molar-refractivity contribution < 1.29 is 9.47 Å². The third kappa shape index (κ3) is 5.79. The molecular formula is C16H21N3O2. The van der Waals surface area contributed by atoms with Gasteiger partial charge in [-0.2, -0.15) is 0 Å². The summed E-state index contributed by atoms with van der Waals surface area (Å²) in [6.45, 7) is 4.50. The summed E-state index contributed by atoms with van der Waals surface area (Å²) in [7, 11) is 0. The van der Waals surface area contributed by atoms with E-state index in [2.05, 4.69) is 22.2 Å². The van der Waals surface area contributed by atoms with Crippen molar-refractivity contribution in [2.24, 2.45) is 0 Å². The van der Waals surface area contributed by atoms with Crippen molar-refractivity contribution >= 4 is 5.82 Å².